The van der Waals surface area contributed by atoms with Crippen LogP contribution in [-0.2, 0) is 14.3 Å². The van der Waals surface area contributed by atoms with Gasteiger partial charge in [0.25, 0.3) is 5.85 Å². The van der Waals surface area contributed by atoms with E-state index in [1.165, 1.54) is 7.11 Å². The van der Waals surface area contributed by atoms with E-state index in [1.807, 2.05) is 54.6 Å². The minimum atomic E-state index is -2.43. The molecule has 1 atom stereocenters. The molecule has 0 amide bonds. The Morgan fingerprint density at radius 3 is 1.30 bits per heavy atom. The Morgan fingerprint density at radius 1 is 0.704 bits per heavy atom. The second-order valence-corrected chi connectivity index (χ2v) is 9.30. The number of rotatable bonds is 6. The molecule has 0 heterocycles. The summed E-state index contributed by atoms with van der Waals surface area (Å²) in [6, 6.07) is 30.4. The number of carbonyl (C=O) groups is 1. The number of methoxy groups -OCH3 is 2. The molecule has 0 radical (unpaired) electrons. The van der Waals surface area contributed by atoms with Gasteiger partial charge >= 0.3 is 5.97 Å². The van der Waals surface area contributed by atoms with Crippen molar-refractivity contribution in [2.45, 2.75) is 5.85 Å². The van der Waals surface area contributed by atoms with Crippen LogP contribution in [0.3, 0.4) is 0 Å². The fraction of sp³-hybridized carbons (Fsp3) is 0.136. The monoisotopic (exact) mass is 444 g/mol. The number of hydrogen-bond donors (Lipinski definition) is 0. The van der Waals surface area contributed by atoms with Crippen molar-refractivity contribution >= 4 is 29.1 Å². The van der Waals surface area contributed by atoms with Crippen molar-refractivity contribution in [3.8, 4) is 0 Å². The highest BCUT2D eigenvalue weighted by Gasteiger charge is 2.57. The molecule has 0 saturated heterocycles. The van der Waals surface area contributed by atoms with Crippen molar-refractivity contribution in [3.63, 3.8) is 0 Å². The highest BCUT2D eigenvalue weighted by molar-refractivity contribution is 7.96. The summed E-state index contributed by atoms with van der Waals surface area (Å²) >= 11 is 0. The van der Waals surface area contributed by atoms with Crippen LogP contribution < -0.4 is 32.9 Å². The predicted molar refractivity (Wildman–Crippen MR) is 108 cm³/mol. The van der Waals surface area contributed by atoms with E-state index in [4.69, 9.17) is 9.47 Å². The normalized spacial score (nSPS) is 11.9. The summed E-state index contributed by atoms with van der Waals surface area (Å²) in [6.45, 7) is 0. The number of esters is 1. The third kappa shape index (κ3) is 3.98. The van der Waals surface area contributed by atoms with Gasteiger partial charge in [0.1, 0.15) is 15.9 Å². The van der Waals surface area contributed by atoms with Crippen molar-refractivity contribution in [1.82, 2.24) is 0 Å². The molecule has 0 bridgehead atoms. The van der Waals surface area contributed by atoms with Gasteiger partial charge in [-0.15, -0.1) is 0 Å². The molecule has 3 aromatic rings. The van der Waals surface area contributed by atoms with Gasteiger partial charge in [0.05, 0.1) is 7.11 Å². The topological polar surface area (TPSA) is 35.5 Å². The smallest absolute Gasteiger partial charge is 0.376 e. The first-order valence-corrected chi connectivity index (χ1v) is 10.3. The van der Waals surface area contributed by atoms with E-state index in [0.29, 0.717) is 0 Å². The Bertz CT molecular complexity index is 745. The van der Waals surface area contributed by atoms with Crippen molar-refractivity contribution in [2.24, 2.45) is 0 Å². The first-order chi connectivity index (χ1) is 12.7. The Kier molecular flexibility index (Phi) is 7.73. The van der Waals surface area contributed by atoms with Gasteiger partial charge in [-0.3, -0.25) is 0 Å². The second kappa shape index (κ2) is 9.80. The molecule has 27 heavy (non-hydrogen) atoms. The molecule has 0 saturated carbocycles. The lowest BCUT2D eigenvalue weighted by Gasteiger charge is -2.31. The minimum Gasteiger partial charge on any atom is -1.00 e. The van der Waals surface area contributed by atoms with Gasteiger partial charge in [0.2, 0.25) is 0 Å². The molecule has 0 aliphatic rings. The van der Waals surface area contributed by atoms with Crippen LogP contribution in [-0.4, -0.2) is 26.0 Å². The molecule has 0 N–H and O–H groups in total. The zero-order valence-corrected chi connectivity index (χ0v) is 17.8. The molecule has 3 rings (SSSR count). The summed E-state index contributed by atoms with van der Waals surface area (Å²) in [7, 11) is 0.549. The van der Waals surface area contributed by atoms with Gasteiger partial charge in [-0.1, -0.05) is 54.6 Å². The summed E-state index contributed by atoms with van der Waals surface area (Å²) in [5.74, 6) is -1.09. The molecule has 0 fully saturated rings. The molecule has 0 aromatic heterocycles. The van der Waals surface area contributed by atoms with E-state index in [-0.39, 0.29) is 23.0 Å². The predicted octanol–water partition coefficient (Wildman–Crippen LogP) is 0.130. The van der Waals surface area contributed by atoms with E-state index < -0.39 is 13.1 Å². The van der Waals surface area contributed by atoms with Crippen LogP contribution >= 0.6 is 7.26 Å². The van der Waals surface area contributed by atoms with Crippen molar-refractivity contribution in [3.05, 3.63) is 91.0 Å². The van der Waals surface area contributed by atoms with Crippen molar-refractivity contribution < 1.29 is 31.2 Å². The van der Waals surface area contributed by atoms with E-state index in [2.05, 4.69) is 36.4 Å². The van der Waals surface area contributed by atoms with E-state index in [0.717, 1.165) is 15.9 Å². The Hall–Kier alpha value is -2.00. The molecule has 0 spiro atoms. The first kappa shape index (κ1) is 21.3. The number of hydrogen-bond acceptors (Lipinski definition) is 3. The Labute approximate surface area is 171 Å². The highest BCUT2D eigenvalue weighted by Crippen LogP contribution is 2.60. The fourth-order valence-electron chi connectivity index (χ4n) is 3.36. The Balaban J connectivity index is 0.00000261. The van der Waals surface area contributed by atoms with Crippen LogP contribution in [0.1, 0.15) is 0 Å². The van der Waals surface area contributed by atoms with Crippen LogP contribution in [0.2, 0.25) is 0 Å². The van der Waals surface area contributed by atoms with Gasteiger partial charge in [-0.05, 0) is 36.4 Å². The lowest BCUT2D eigenvalue weighted by molar-refractivity contribution is -0.147. The maximum Gasteiger partial charge on any atom is 0.376 e. The summed E-state index contributed by atoms with van der Waals surface area (Å²) in [4.78, 5) is 12.8. The molecule has 3 aromatic carbocycles. The quantitative estimate of drug-likeness (QED) is 0.400. The van der Waals surface area contributed by atoms with Crippen LogP contribution in [0.25, 0.3) is 0 Å². The van der Waals surface area contributed by atoms with Gasteiger partial charge in [-0.2, -0.15) is 0 Å². The maximum absolute atomic E-state index is 12.8. The van der Waals surface area contributed by atoms with E-state index in [1.54, 1.807) is 7.11 Å². The summed E-state index contributed by atoms with van der Waals surface area (Å²) in [6.07, 6.45) is 0. The molecule has 5 heteroatoms. The highest BCUT2D eigenvalue weighted by atomic mass is 79.9. The average Bonchev–Trinajstić information content (AvgIpc) is 2.73. The molecule has 0 aliphatic carbocycles. The largest absolute Gasteiger partial charge is 1.00 e. The number of ether oxygens (including phenoxy) is 2. The van der Waals surface area contributed by atoms with Gasteiger partial charge < -0.3 is 26.5 Å². The molecule has 3 nitrogen and oxygen atoms in total. The zero-order valence-electron chi connectivity index (χ0n) is 15.3. The lowest BCUT2D eigenvalue weighted by atomic mass is 10.4. The molecule has 0 aliphatic heterocycles. The first-order valence-electron chi connectivity index (χ1n) is 8.41. The summed E-state index contributed by atoms with van der Waals surface area (Å²) < 4.78 is 10.9. The molecular formula is C22H22BrO3P. The van der Waals surface area contributed by atoms with Crippen molar-refractivity contribution in [2.75, 3.05) is 14.2 Å². The van der Waals surface area contributed by atoms with Crippen molar-refractivity contribution in [1.29, 1.82) is 0 Å². The summed E-state index contributed by atoms with van der Waals surface area (Å²) in [5, 5.41) is 3.24. The number of benzene rings is 3. The molecular weight excluding hydrogens is 423 g/mol. The average molecular weight is 445 g/mol. The fourth-order valence-corrected chi connectivity index (χ4v) is 7.73. The lowest BCUT2D eigenvalue weighted by Crippen LogP contribution is -3.00. The zero-order chi connectivity index (χ0) is 18.4. The molecule has 140 valence electrons. The molecule has 1 unspecified atom stereocenters. The maximum atomic E-state index is 12.8. The van der Waals surface area contributed by atoms with E-state index in [9.17, 15) is 4.79 Å². The van der Waals surface area contributed by atoms with Crippen LogP contribution in [0.15, 0.2) is 91.0 Å². The SMILES string of the molecule is COC(=O)C(OC)[P+](c1ccccc1)(c1ccccc1)c1ccccc1.[Br-]. The van der Waals surface area contributed by atoms with Gasteiger partial charge in [0.15, 0.2) is 7.26 Å². The van der Waals surface area contributed by atoms with Crippen LogP contribution in [0.4, 0.5) is 0 Å². The third-order valence-corrected chi connectivity index (χ3v) is 8.93. The van der Waals surface area contributed by atoms with Gasteiger partial charge in [-0.25, -0.2) is 4.79 Å². The third-order valence-electron chi connectivity index (χ3n) is 4.47. The summed E-state index contributed by atoms with van der Waals surface area (Å²) in [5.41, 5.74) is 0. The van der Waals surface area contributed by atoms with E-state index >= 15 is 0 Å². The minimum absolute atomic E-state index is 0. The number of halogens is 1. The van der Waals surface area contributed by atoms with Gasteiger partial charge in [0, 0.05) is 7.11 Å². The van der Waals surface area contributed by atoms with Crippen LogP contribution in [0, 0.1) is 0 Å². The number of carbonyl (C=O) groups excluding carboxylic acids is 1. The van der Waals surface area contributed by atoms with Crippen LogP contribution in [0.5, 0.6) is 0 Å². The Morgan fingerprint density at radius 2 is 1.04 bits per heavy atom. The second-order valence-electron chi connectivity index (χ2n) is 5.84. The standard InChI is InChI=1S/C22H22O3P.BrH/c1-24-21(23)22(25-2)26(18-12-6-3-7-13-18,19-14-8-4-9-15-19)20-16-10-5-11-17-20;/h3-17,22H,1-2H3;1H/q+1;/p-1.